The summed E-state index contributed by atoms with van der Waals surface area (Å²) >= 11 is 1.56. The second-order valence-electron chi connectivity index (χ2n) is 6.37. The summed E-state index contributed by atoms with van der Waals surface area (Å²) in [6, 6.07) is 4.24. The van der Waals surface area contributed by atoms with Crippen molar-refractivity contribution in [2.24, 2.45) is 0 Å². The van der Waals surface area contributed by atoms with E-state index >= 15 is 0 Å². The summed E-state index contributed by atoms with van der Waals surface area (Å²) < 4.78 is 2.64. The molecule has 0 aliphatic heterocycles. The van der Waals surface area contributed by atoms with Crippen LogP contribution in [0.1, 0.15) is 11.1 Å². The predicted octanol–water partition coefficient (Wildman–Crippen LogP) is 2.10. The molecular formula is C17H22N6OS. The van der Waals surface area contributed by atoms with Crippen LogP contribution in [0.4, 0.5) is 5.13 Å². The average molecular weight is 358 g/mol. The molecule has 0 unspecified atom stereocenters. The van der Waals surface area contributed by atoms with E-state index in [0.717, 1.165) is 27.5 Å². The summed E-state index contributed by atoms with van der Waals surface area (Å²) in [6.45, 7) is 5.63. The van der Waals surface area contributed by atoms with Gasteiger partial charge in [-0.1, -0.05) is 17.4 Å². The first kappa shape index (κ1) is 17.5. The molecule has 0 bridgehead atoms. The maximum atomic E-state index is 12.8. The third kappa shape index (κ3) is 4.02. The molecule has 25 heavy (non-hydrogen) atoms. The van der Waals surface area contributed by atoms with Crippen LogP contribution >= 0.6 is 11.3 Å². The van der Waals surface area contributed by atoms with Crippen molar-refractivity contribution in [2.45, 2.75) is 20.4 Å². The van der Waals surface area contributed by atoms with E-state index in [4.69, 9.17) is 4.98 Å². The molecule has 0 aliphatic rings. The van der Waals surface area contributed by atoms with Gasteiger partial charge in [0, 0.05) is 13.1 Å². The molecule has 3 rings (SSSR count). The number of carbonyl (C=O) groups excluding carboxylic acids is 1. The van der Waals surface area contributed by atoms with Gasteiger partial charge in [-0.2, -0.15) is 5.10 Å². The van der Waals surface area contributed by atoms with Crippen LogP contribution in [0, 0.1) is 13.8 Å². The summed E-state index contributed by atoms with van der Waals surface area (Å²) in [7, 11) is 3.98. The molecule has 7 nitrogen and oxygen atoms in total. The van der Waals surface area contributed by atoms with Crippen molar-refractivity contribution in [1.29, 1.82) is 0 Å². The molecule has 1 amide bonds. The summed E-state index contributed by atoms with van der Waals surface area (Å²) in [4.78, 5) is 25.3. The number of aromatic nitrogens is 4. The van der Waals surface area contributed by atoms with E-state index in [9.17, 15) is 4.79 Å². The Morgan fingerprint density at radius 3 is 2.72 bits per heavy atom. The van der Waals surface area contributed by atoms with Crippen LogP contribution in [0.25, 0.3) is 10.2 Å². The quantitative estimate of drug-likeness (QED) is 0.675. The Hall–Kier alpha value is -2.32. The Bertz CT molecular complexity index is 871. The number of likely N-dealkylation sites (N-methyl/N-ethyl adjacent to an activating group) is 1. The lowest BCUT2D eigenvalue weighted by Gasteiger charge is -2.21. The van der Waals surface area contributed by atoms with Crippen molar-refractivity contribution in [2.75, 3.05) is 32.1 Å². The zero-order valence-corrected chi connectivity index (χ0v) is 15.7. The number of rotatable bonds is 6. The van der Waals surface area contributed by atoms with E-state index in [1.807, 2.05) is 14.1 Å². The van der Waals surface area contributed by atoms with Crippen molar-refractivity contribution in [1.82, 2.24) is 24.6 Å². The molecule has 3 aromatic rings. The standard InChI is InChI=1S/C17H22N6OS/c1-12-7-13(2)16-14(8-12)25-17(20-16)23(6-5-21(3)4)15(24)9-22-11-18-10-19-22/h7-8,10-11H,5-6,9H2,1-4H3. The van der Waals surface area contributed by atoms with Crippen molar-refractivity contribution in [3.8, 4) is 0 Å². The lowest BCUT2D eigenvalue weighted by Crippen LogP contribution is -2.38. The van der Waals surface area contributed by atoms with Gasteiger partial charge < -0.3 is 4.90 Å². The number of amides is 1. The minimum absolute atomic E-state index is 0.0409. The fourth-order valence-corrected chi connectivity index (χ4v) is 3.82. The van der Waals surface area contributed by atoms with Gasteiger partial charge in [-0.3, -0.25) is 9.69 Å². The first-order valence-corrected chi connectivity index (χ1v) is 8.91. The summed E-state index contributed by atoms with van der Waals surface area (Å²) in [6.07, 6.45) is 2.98. The summed E-state index contributed by atoms with van der Waals surface area (Å²) in [5.41, 5.74) is 3.30. The molecule has 0 spiro atoms. The van der Waals surface area contributed by atoms with Crippen LogP contribution < -0.4 is 4.90 Å². The monoisotopic (exact) mass is 358 g/mol. The minimum Gasteiger partial charge on any atom is -0.308 e. The minimum atomic E-state index is -0.0409. The molecule has 0 saturated heterocycles. The Kier molecular flexibility index (Phi) is 5.10. The third-order valence-electron chi connectivity index (χ3n) is 3.89. The predicted molar refractivity (Wildman–Crippen MR) is 100 cm³/mol. The van der Waals surface area contributed by atoms with Crippen LogP contribution in [-0.4, -0.2) is 57.7 Å². The number of hydrogen-bond acceptors (Lipinski definition) is 6. The normalized spacial score (nSPS) is 11.4. The van der Waals surface area contributed by atoms with Crippen molar-refractivity contribution < 1.29 is 4.79 Å². The van der Waals surface area contributed by atoms with E-state index in [2.05, 4.69) is 41.0 Å². The van der Waals surface area contributed by atoms with Gasteiger partial charge in [0.15, 0.2) is 5.13 Å². The second kappa shape index (κ2) is 7.28. The SMILES string of the molecule is Cc1cc(C)c2nc(N(CCN(C)C)C(=O)Cn3cncn3)sc2c1. The Morgan fingerprint density at radius 2 is 2.04 bits per heavy atom. The molecule has 0 saturated carbocycles. The van der Waals surface area contributed by atoms with E-state index < -0.39 is 0 Å². The molecule has 0 fully saturated rings. The van der Waals surface area contributed by atoms with E-state index in [1.54, 1.807) is 22.6 Å². The van der Waals surface area contributed by atoms with Gasteiger partial charge in [0.2, 0.25) is 0 Å². The van der Waals surface area contributed by atoms with E-state index in [0.29, 0.717) is 6.54 Å². The van der Waals surface area contributed by atoms with Crippen molar-refractivity contribution >= 4 is 32.6 Å². The number of thiazole rings is 1. The zero-order valence-electron chi connectivity index (χ0n) is 14.9. The maximum Gasteiger partial charge on any atom is 0.250 e. The van der Waals surface area contributed by atoms with Crippen LogP contribution in [-0.2, 0) is 11.3 Å². The summed E-state index contributed by atoms with van der Waals surface area (Å²) in [5.74, 6) is -0.0409. The highest BCUT2D eigenvalue weighted by molar-refractivity contribution is 7.22. The number of carbonyl (C=O) groups is 1. The number of benzene rings is 1. The van der Waals surface area contributed by atoms with Gasteiger partial charge in [0.1, 0.15) is 19.2 Å². The maximum absolute atomic E-state index is 12.8. The van der Waals surface area contributed by atoms with Crippen LogP contribution in [0.15, 0.2) is 24.8 Å². The van der Waals surface area contributed by atoms with Gasteiger partial charge in [0.25, 0.3) is 5.91 Å². The Balaban J connectivity index is 1.93. The third-order valence-corrected chi connectivity index (χ3v) is 4.91. The first-order valence-electron chi connectivity index (χ1n) is 8.09. The van der Waals surface area contributed by atoms with Gasteiger partial charge >= 0.3 is 0 Å². The Labute approximate surface area is 150 Å². The lowest BCUT2D eigenvalue weighted by molar-refractivity contribution is -0.119. The highest BCUT2D eigenvalue weighted by Gasteiger charge is 2.21. The van der Waals surface area contributed by atoms with Gasteiger partial charge in [0.05, 0.1) is 10.2 Å². The van der Waals surface area contributed by atoms with Crippen LogP contribution in [0.3, 0.4) is 0 Å². The molecular weight excluding hydrogens is 336 g/mol. The molecule has 0 radical (unpaired) electrons. The molecule has 2 aromatic heterocycles. The molecule has 0 atom stereocenters. The van der Waals surface area contributed by atoms with E-state index in [-0.39, 0.29) is 12.5 Å². The average Bonchev–Trinajstić information content (AvgIpc) is 3.16. The molecule has 132 valence electrons. The molecule has 1 aromatic carbocycles. The molecule has 0 aliphatic carbocycles. The second-order valence-corrected chi connectivity index (χ2v) is 7.38. The number of anilines is 1. The topological polar surface area (TPSA) is 67.2 Å². The molecule has 2 heterocycles. The van der Waals surface area contributed by atoms with Crippen LogP contribution in [0.5, 0.6) is 0 Å². The molecule has 0 N–H and O–H groups in total. The lowest BCUT2D eigenvalue weighted by atomic mass is 10.1. The van der Waals surface area contributed by atoms with Crippen LogP contribution in [0.2, 0.25) is 0 Å². The van der Waals surface area contributed by atoms with Crippen molar-refractivity contribution in [3.63, 3.8) is 0 Å². The number of nitrogens with zero attached hydrogens (tertiary/aromatic N) is 6. The van der Waals surface area contributed by atoms with E-state index in [1.165, 1.54) is 16.6 Å². The molecule has 8 heteroatoms. The fraction of sp³-hybridized carbons (Fsp3) is 0.412. The fourth-order valence-electron chi connectivity index (χ4n) is 2.64. The largest absolute Gasteiger partial charge is 0.308 e. The van der Waals surface area contributed by atoms with Gasteiger partial charge in [-0.05, 0) is 45.1 Å². The smallest absolute Gasteiger partial charge is 0.250 e. The number of hydrogen-bond donors (Lipinski definition) is 0. The summed E-state index contributed by atoms with van der Waals surface area (Å²) in [5, 5.41) is 4.76. The van der Waals surface area contributed by atoms with Gasteiger partial charge in [-0.15, -0.1) is 0 Å². The first-order chi connectivity index (χ1) is 11.9. The number of aryl methyl sites for hydroxylation is 2. The highest BCUT2D eigenvalue weighted by Crippen LogP contribution is 2.31. The zero-order chi connectivity index (χ0) is 18.0. The Morgan fingerprint density at radius 1 is 1.24 bits per heavy atom. The highest BCUT2D eigenvalue weighted by atomic mass is 32.1. The van der Waals surface area contributed by atoms with Gasteiger partial charge in [-0.25, -0.2) is 14.6 Å². The van der Waals surface area contributed by atoms with Crippen molar-refractivity contribution in [3.05, 3.63) is 35.9 Å². The number of fused-ring (bicyclic) bond motifs is 1.